The van der Waals surface area contributed by atoms with Crippen molar-refractivity contribution in [2.75, 3.05) is 11.1 Å². The molecule has 1 aliphatic heterocycles. The maximum absolute atomic E-state index is 13.2. The largest absolute Gasteiger partial charge is 0.325 e. The number of nitrogens with one attached hydrogen (secondary N) is 1. The number of hydrogen-bond donors (Lipinski definition) is 1. The fourth-order valence-electron chi connectivity index (χ4n) is 3.37. The summed E-state index contributed by atoms with van der Waals surface area (Å²) >= 11 is 2.93. The van der Waals surface area contributed by atoms with E-state index in [1.54, 1.807) is 16.3 Å². The highest BCUT2D eigenvalue weighted by Gasteiger charge is 2.26. The normalized spacial score (nSPS) is 15.0. The molecule has 0 bridgehead atoms. The number of thioether (sulfide) groups is 2. The molecule has 1 atom stereocenters. The van der Waals surface area contributed by atoms with E-state index >= 15 is 0 Å². The summed E-state index contributed by atoms with van der Waals surface area (Å²) < 4.78 is 1.73. The quantitative estimate of drug-likeness (QED) is 0.442. The summed E-state index contributed by atoms with van der Waals surface area (Å²) in [6.07, 6.45) is 1.53. The molecule has 0 aliphatic carbocycles. The number of benzene rings is 2. The summed E-state index contributed by atoms with van der Waals surface area (Å²) in [5.41, 5.74) is 2.80. The van der Waals surface area contributed by atoms with Crippen LogP contribution in [0.5, 0.6) is 0 Å². The van der Waals surface area contributed by atoms with E-state index in [1.165, 1.54) is 17.3 Å². The molecule has 1 aromatic heterocycles. The summed E-state index contributed by atoms with van der Waals surface area (Å²) in [6.45, 7) is 2.65. The number of anilines is 1. The van der Waals surface area contributed by atoms with Crippen LogP contribution in [-0.2, 0) is 24.2 Å². The zero-order valence-electron chi connectivity index (χ0n) is 16.7. The number of fused-ring (bicyclic) bond motifs is 1. The number of carbonyl (C=O) groups excluding carboxylic acids is 1. The van der Waals surface area contributed by atoms with Gasteiger partial charge in [0.15, 0.2) is 5.16 Å². The molecule has 0 saturated carbocycles. The Hall–Kier alpha value is -2.51. The molecule has 5 nitrogen and oxygen atoms in total. The Morgan fingerprint density at radius 3 is 2.60 bits per heavy atom. The Balaban J connectivity index is 1.53. The van der Waals surface area contributed by atoms with Crippen LogP contribution in [-0.4, -0.2) is 26.5 Å². The van der Waals surface area contributed by atoms with Crippen molar-refractivity contribution in [2.45, 2.75) is 41.6 Å². The zero-order chi connectivity index (χ0) is 20.9. The van der Waals surface area contributed by atoms with Gasteiger partial charge < -0.3 is 5.32 Å². The van der Waals surface area contributed by atoms with Gasteiger partial charge in [0.1, 0.15) is 0 Å². The number of aryl methyl sites for hydroxylation is 1. The first-order valence-corrected chi connectivity index (χ1v) is 11.8. The second kappa shape index (κ2) is 9.53. The van der Waals surface area contributed by atoms with Crippen LogP contribution in [0.3, 0.4) is 0 Å². The van der Waals surface area contributed by atoms with Gasteiger partial charge >= 0.3 is 0 Å². The van der Waals surface area contributed by atoms with Gasteiger partial charge in [-0.3, -0.25) is 14.2 Å². The predicted octanol–water partition coefficient (Wildman–Crippen LogP) is 4.25. The van der Waals surface area contributed by atoms with Gasteiger partial charge in [-0.1, -0.05) is 67.2 Å². The number of rotatable bonds is 7. The topological polar surface area (TPSA) is 64.0 Å². The molecule has 4 rings (SSSR count). The fraction of sp³-hybridized carbons (Fsp3) is 0.261. The van der Waals surface area contributed by atoms with Crippen molar-refractivity contribution in [3.8, 4) is 0 Å². The predicted molar refractivity (Wildman–Crippen MR) is 123 cm³/mol. The van der Waals surface area contributed by atoms with Crippen molar-refractivity contribution < 1.29 is 4.79 Å². The van der Waals surface area contributed by atoms with Crippen LogP contribution in [0, 0.1) is 0 Å². The van der Waals surface area contributed by atoms with Gasteiger partial charge in [0, 0.05) is 23.9 Å². The Morgan fingerprint density at radius 1 is 1.17 bits per heavy atom. The number of nitrogens with zero attached hydrogens (tertiary/aromatic N) is 2. The van der Waals surface area contributed by atoms with Gasteiger partial charge in [-0.25, -0.2) is 4.98 Å². The van der Waals surface area contributed by atoms with E-state index in [-0.39, 0.29) is 17.2 Å². The van der Waals surface area contributed by atoms with E-state index in [1.807, 2.05) is 48.5 Å². The van der Waals surface area contributed by atoms with Crippen molar-refractivity contribution in [1.82, 2.24) is 9.55 Å². The second-order valence-electron chi connectivity index (χ2n) is 7.20. The van der Waals surface area contributed by atoms with Crippen molar-refractivity contribution in [3.05, 3.63) is 82.3 Å². The average Bonchev–Trinajstić information content (AvgIpc) is 3.14. The summed E-state index contributed by atoms with van der Waals surface area (Å²) in [5, 5.41) is 3.85. The van der Waals surface area contributed by atoms with Crippen LogP contribution in [0.2, 0.25) is 0 Å². The molecule has 0 saturated heterocycles. The first kappa shape index (κ1) is 20.8. The van der Waals surface area contributed by atoms with Crippen LogP contribution in [0.15, 0.2) is 75.5 Å². The molecular weight excluding hydrogens is 414 g/mol. The van der Waals surface area contributed by atoms with Crippen molar-refractivity contribution in [1.29, 1.82) is 0 Å². The molecule has 0 fully saturated rings. The third-order valence-corrected chi connectivity index (χ3v) is 7.01. The molecule has 0 radical (unpaired) electrons. The number of hydrogen-bond acceptors (Lipinski definition) is 5. The highest BCUT2D eigenvalue weighted by Crippen LogP contribution is 2.34. The minimum atomic E-state index is -0.113. The minimum Gasteiger partial charge on any atom is -0.325 e. The van der Waals surface area contributed by atoms with E-state index in [9.17, 15) is 9.59 Å². The SMILES string of the molecule is C[C@@H]1Cc2nc(SCC(=O)Nc3ccccc3)n(CCc3ccccc3)c(=O)c2S1. The highest BCUT2D eigenvalue weighted by molar-refractivity contribution is 8.00. The Kier molecular flexibility index (Phi) is 6.59. The summed E-state index contributed by atoms with van der Waals surface area (Å²) in [5.74, 6) is 0.0898. The fourth-order valence-corrected chi connectivity index (χ4v) is 5.33. The lowest BCUT2D eigenvalue weighted by Crippen LogP contribution is -2.27. The summed E-state index contributed by atoms with van der Waals surface area (Å²) in [7, 11) is 0. The van der Waals surface area contributed by atoms with Crippen molar-refractivity contribution >= 4 is 35.1 Å². The standard InChI is InChI=1S/C23H23N3O2S2/c1-16-14-19-21(30-16)22(28)26(13-12-17-8-4-2-5-9-17)23(25-19)29-15-20(27)24-18-10-6-3-7-11-18/h2-11,16H,12-15H2,1H3,(H,24,27)/t16-/m1/s1. The van der Waals surface area contributed by atoms with Gasteiger partial charge in [-0.2, -0.15) is 0 Å². The molecule has 154 valence electrons. The second-order valence-corrected chi connectivity index (χ2v) is 9.59. The van der Waals surface area contributed by atoms with Gasteiger partial charge in [0.2, 0.25) is 5.91 Å². The smallest absolute Gasteiger partial charge is 0.268 e. The first-order chi connectivity index (χ1) is 14.6. The third kappa shape index (κ3) is 4.96. The molecule has 7 heteroatoms. The molecule has 2 heterocycles. The van der Waals surface area contributed by atoms with E-state index in [0.717, 1.165) is 29.1 Å². The minimum absolute atomic E-state index is 0.0104. The zero-order valence-corrected chi connectivity index (χ0v) is 18.3. The van der Waals surface area contributed by atoms with E-state index in [2.05, 4.69) is 24.4 Å². The highest BCUT2D eigenvalue weighted by atomic mass is 32.2. The van der Waals surface area contributed by atoms with Crippen LogP contribution in [0.1, 0.15) is 18.2 Å². The maximum atomic E-state index is 13.2. The van der Waals surface area contributed by atoms with Crippen molar-refractivity contribution in [2.24, 2.45) is 0 Å². The Bertz CT molecular complexity index is 1080. The molecular formula is C23H23N3O2S2. The molecule has 2 aromatic carbocycles. The summed E-state index contributed by atoms with van der Waals surface area (Å²) in [4.78, 5) is 31.1. The number of para-hydroxylation sites is 1. The van der Waals surface area contributed by atoms with Crippen LogP contribution >= 0.6 is 23.5 Å². The Morgan fingerprint density at radius 2 is 1.87 bits per heavy atom. The number of aromatic nitrogens is 2. The van der Waals surface area contributed by atoms with Crippen LogP contribution in [0.4, 0.5) is 5.69 Å². The molecule has 30 heavy (non-hydrogen) atoms. The van der Waals surface area contributed by atoms with Gasteiger partial charge in [0.25, 0.3) is 5.56 Å². The van der Waals surface area contributed by atoms with Crippen LogP contribution < -0.4 is 10.9 Å². The Labute approximate surface area is 184 Å². The van der Waals surface area contributed by atoms with E-state index in [0.29, 0.717) is 17.0 Å². The summed E-state index contributed by atoms with van der Waals surface area (Å²) in [6, 6.07) is 19.5. The van der Waals surface area contributed by atoms with Gasteiger partial charge in [-0.05, 0) is 24.1 Å². The van der Waals surface area contributed by atoms with Gasteiger partial charge in [0.05, 0.1) is 16.3 Å². The first-order valence-electron chi connectivity index (χ1n) is 9.92. The molecule has 3 aromatic rings. The molecule has 1 amide bonds. The lowest BCUT2D eigenvalue weighted by molar-refractivity contribution is -0.113. The lowest BCUT2D eigenvalue weighted by atomic mass is 10.1. The molecule has 1 N–H and O–H groups in total. The molecule has 0 unspecified atom stereocenters. The molecule has 1 aliphatic rings. The average molecular weight is 438 g/mol. The molecule has 0 spiro atoms. The van der Waals surface area contributed by atoms with E-state index < -0.39 is 0 Å². The maximum Gasteiger partial charge on any atom is 0.268 e. The third-order valence-electron chi connectivity index (χ3n) is 4.82. The van der Waals surface area contributed by atoms with E-state index in [4.69, 9.17) is 4.98 Å². The monoisotopic (exact) mass is 437 g/mol. The number of carbonyl (C=O) groups is 1. The van der Waals surface area contributed by atoms with Gasteiger partial charge in [-0.15, -0.1) is 11.8 Å². The van der Waals surface area contributed by atoms with Crippen LogP contribution in [0.25, 0.3) is 0 Å². The number of amides is 1. The lowest BCUT2D eigenvalue weighted by Gasteiger charge is -2.14. The van der Waals surface area contributed by atoms with Crippen molar-refractivity contribution in [3.63, 3.8) is 0 Å².